The topological polar surface area (TPSA) is 20.3 Å². The highest BCUT2D eigenvalue weighted by molar-refractivity contribution is 6.33. The summed E-state index contributed by atoms with van der Waals surface area (Å²) >= 11 is 12.5. The van der Waals surface area contributed by atoms with Crippen molar-refractivity contribution in [1.82, 2.24) is 0 Å². The van der Waals surface area contributed by atoms with Gasteiger partial charge >= 0.3 is 0 Å². The van der Waals surface area contributed by atoms with Crippen LogP contribution < -0.4 is 4.90 Å². The van der Waals surface area contributed by atoms with Crippen LogP contribution >= 0.6 is 23.2 Å². The van der Waals surface area contributed by atoms with E-state index < -0.39 is 0 Å². The number of hydrogen-bond acceptors (Lipinski definition) is 2. The first-order valence-electron chi connectivity index (χ1n) is 9.33. The summed E-state index contributed by atoms with van der Waals surface area (Å²) in [7, 11) is 0. The van der Waals surface area contributed by atoms with Crippen molar-refractivity contribution >= 4 is 34.7 Å². The normalized spacial score (nSPS) is 15.9. The number of ketones is 1. The average molecular weight is 420 g/mol. The summed E-state index contributed by atoms with van der Waals surface area (Å²) in [6, 6.07) is 22.8. The van der Waals surface area contributed by atoms with Crippen LogP contribution in [-0.4, -0.2) is 5.78 Å². The molecule has 0 saturated heterocycles. The van der Waals surface area contributed by atoms with E-state index in [0.717, 1.165) is 11.3 Å². The van der Waals surface area contributed by atoms with E-state index in [-0.39, 0.29) is 11.8 Å². The highest BCUT2D eigenvalue weighted by Gasteiger charge is 2.25. The largest absolute Gasteiger partial charge is 0.335 e. The Labute approximate surface area is 180 Å². The van der Waals surface area contributed by atoms with Crippen LogP contribution in [0.3, 0.4) is 0 Å². The Morgan fingerprint density at radius 2 is 1.59 bits per heavy atom. The average Bonchev–Trinajstić information content (AvgIpc) is 2.74. The second-order valence-electron chi connectivity index (χ2n) is 6.94. The van der Waals surface area contributed by atoms with Crippen LogP contribution in [0.15, 0.2) is 96.7 Å². The third kappa shape index (κ3) is 4.00. The third-order valence-corrected chi connectivity index (χ3v) is 5.61. The first-order chi connectivity index (χ1) is 14.0. The molecule has 4 rings (SSSR count). The molecule has 3 aromatic carbocycles. The Morgan fingerprint density at radius 1 is 0.897 bits per heavy atom. The Morgan fingerprint density at radius 3 is 2.31 bits per heavy atom. The molecule has 0 spiro atoms. The Balaban J connectivity index is 1.78. The molecule has 0 fully saturated rings. The first-order valence-corrected chi connectivity index (χ1v) is 10.1. The number of Topliss-reactive ketones (excluding diaryl/α,β-unsaturated/α-hetero) is 1. The molecule has 0 saturated carbocycles. The molecule has 0 bridgehead atoms. The fourth-order valence-corrected chi connectivity index (χ4v) is 3.87. The maximum Gasteiger partial charge on any atom is 0.194 e. The van der Waals surface area contributed by atoms with E-state index >= 15 is 0 Å². The van der Waals surface area contributed by atoms with E-state index in [9.17, 15) is 4.79 Å². The number of aryl methyl sites for hydroxylation is 1. The Hall–Kier alpha value is -2.81. The summed E-state index contributed by atoms with van der Waals surface area (Å²) in [6.07, 6.45) is 5.82. The molecule has 0 aliphatic carbocycles. The fourth-order valence-electron chi connectivity index (χ4n) is 3.52. The Bertz CT molecular complexity index is 1120. The molecule has 29 heavy (non-hydrogen) atoms. The lowest BCUT2D eigenvalue weighted by Gasteiger charge is -2.33. The smallest absolute Gasteiger partial charge is 0.194 e. The lowest BCUT2D eigenvalue weighted by atomic mass is 9.94. The maximum atomic E-state index is 13.1. The number of carbonyl (C=O) groups excluding carboxylic acids is 1. The lowest BCUT2D eigenvalue weighted by molar-refractivity contribution is 0.103. The summed E-state index contributed by atoms with van der Waals surface area (Å²) in [4.78, 5) is 15.1. The fraction of sp³-hybridized carbons (Fsp3) is 0.0800. The summed E-state index contributed by atoms with van der Waals surface area (Å²) in [5.41, 5.74) is 4.39. The van der Waals surface area contributed by atoms with Crippen LogP contribution in [0.1, 0.15) is 27.5 Å². The molecule has 2 nitrogen and oxygen atoms in total. The van der Waals surface area contributed by atoms with Crippen LogP contribution in [0, 0.1) is 6.92 Å². The van der Waals surface area contributed by atoms with Crippen LogP contribution in [0.5, 0.6) is 0 Å². The van der Waals surface area contributed by atoms with E-state index in [4.69, 9.17) is 23.2 Å². The molecule has 0 aromatic heterocycles. The van der Waals surface area contributed by atoms with Gasteiger partial charge < -0.3 is 4.90 Å². The van der Waals surface area contributed by atoms with Crippen LogP contribution in [-0.2, 0) is 0 Å². The van der Waals surface area contributed by atoms with E-state index in [2.05, 4.69) is 30.0 Å². The number of benzene rings is 3. The molecule has 1 unspecified atom stereocenters. The van der Waals surface area contributed by atoms with Gasteiger partial charge in [-0.1, -0.05) is 71.8 Å². The van der Waals surface area contributed by atoms with E-state index in [1.807, 2.05) is 48.7 Å². The quantitative estimate of drug-likeness (QED) is 0.417. The van der Waals surface area contributed by atoms with Gasteiger partial charge in [-0.3, -0.25) is 4.79 Å². The molecule has 1 atom stereocenters. The van der Waals surface area contributed by atoms with Crippen molar-refractivity contribution in [3.8, 4) is 0 Å². The van der Waals surface area contributed by atoms with Gasteiger partial charge in [0.05, 0.1) is 16.8 Å². The number of carbonyl (C=O) groups is 1. The standard InChI is InChI=1S/C25H19Cl2NO/c1-17-6-2-3-7-21(17)23-15-12-19(25(29)18-10-13-20(26)14-11-18)16-28(23)24-9-5-4-8-22(24)27/h2-16,23H,1H3. The van der Waals surface area contributed by atoms with E-state index in [1.54, 1.807) is 24.3 Å². The molecule has 1 heterocycles. The van der Waals surface area contributed by atoms with Crippen molar-refractivity contribution in [2.45, 2.75) is 13.0 Å². The maximum absolute atomic E-state index is 13.1. The highest BCUT2D eigenvalue weighted by Crippen LogP contribution is 2.38. The van der Waals surface area contributed by atoms with Gasteiger partial charge in [-0.2, -0.15) is 0 Å². The summed E-state index contributed by atoms with van der Waals surface area (Å²) in [5, 5.41) is 1.24. The summed E-state index contributed by atoms with van der Waals surface area (Å²) in [6.45, 7) is 2.09. The predicted molar refractivity (Wildman–Crippen MR) is 121 cm³/mol. The molecular weight excluding hydrogens is 401 g/mol. The first kappa shape index (κ1) is 19.5. The van der Waals surface area contributed by atoms with Crippen molar-refractivity contribution in [2.75, 3.05) is 4.90 Å². The number of rotatable bonds is 4. The third-order valence-electron chi connectivity index (χ3n) is 5.04. The predicted octanol–water partition coefficient (Wildman–Crippen LogP) is 7.19. The van der Waals surface area contributed by atoms with Crippen molar-refractivity contribution < 1.29 is 4.79 Å². The number of allylic oxidation sites excluding steroid dienone is 2. The minimum atomic E-state index is -0.0575. The molecule has 1 aliphatic heterocycles. The molecule has 0 N–H and O–H groups in total. The van der Waals surface area contributed by atoms with Crippen molar-refractivity contribution in [1.29, 1.82) is 0 Å². The number of nitrogens with zero attached hydrogens (tertiary/aromatic N) is 1. The molecule has 1 aliphatic rings. The number of anilines is 1. The molecule has 144 valence electrons. The van der Waals surface area contributed by atoms with Gasteiger partial charge in [-0.15, -0.1) is 0 Å². The van der Waals surface area contributed by atoms with Gasteiger partial charge in [-0.25, -0.2) is 0 Å². The molecule has 4 heteroatoms. The molecule has 0 radical (unpaired) electrons. The molecular formula is C25H19Cl2NO. The minimum Gasteiger partial charge on any atom is -0.335 e. The second kappa shape index (κ2) is 8.28. The van der Waals surface area contributed by atoms with Gasteiger partial charge in [0.2, 0.25) is 0 Å². The van der Waals surface area contributed by atoms with E-state index in [0.29, 0.717) is 21.2 Å². The Kier molecular flexibility index (Phi) is 5.57. The van der Waals surface area contributed by atoms with Crippen LogP contribution in [0.25, 0.3) is 0 Å². The van der Waals surface area contributed by atoms with Gasteiger partial charge in [0.1, 0.15) is 0 Å². The van der Waals surface area contributed by atoms with Gasteiger partial charge in [0, 0.05) is 22.4 Å². The van der Waals surface area contributed by atoms with Crippen LogP contribution in [0.4, 0.5) is 5.69 Å². The number of halogens is 2. The molecule has 3 aromatic rings. The second-order valence-corrected chi connectivity index (χ2v) is 7.78. The minimum absolute atomic E-state index is 0.0572. The van der Waals surface area contributed by atoms with Crippen molar-refractivity contribution in [3.05, 3.63) is 123 Å². The van der Waals surface area contributed by atoms with Gasteiger partial charge in [0.25, 0.3) is 0 Å². The van der Waals surface area contributed by atoms with Crippen LogP contribution in [0.2, 0.25) is 10.0 Å². The van der Waals surface area contributed by atoms with Crippen molar-refractivity contribution in [2.24, 2.45) is 0 Å². The zero-order valence-electron chi connectivity index (χ0n) is 15.8. The number of hydrogen-bond donors (Lipinski definition) is 0. The lowest BCUT2D eigenvalue weighted by Crippen LogP contribution is -2.26. The summed E-state index contributed by atoms with van der Waals surface area (Å²) < 4.78 is 0. The SMILES string of the molecule is Cc1ccccc1C1C=CC(C(=O)c2ccc(Cl)cc2)=CN1c1ccccc1Cl. The zero-order valence-corrected chi connectivity index (χ0v) is 17.4. The number of para-hydroxylation sites is 1. The van der Waals surface area contributed by atoms with Gasteiger partial charge in [0.15, 0.2) is 5.78 Å². The zero-order chi connectivity index (χ0) is 20.4. The van der Waals surface area contributed by atoms with E-state index in [1.165, 1.54) is 5.56 Å². The monoisotopic (exact) mass is 419 g/mol. The molecule has 0 amide bonds. The summed E-state index contributed by atoms with van der Waals surface area (Å²) in [5.74, 6) is -0.0572. The van der Waals surface area contributed by atoms with Gasteiger partial charge in [-0.05, 0) is 54.4 Å². The highest BCUT2D eigenvalue weighted by atomic mass is 35.5. The van der Waals surface area contributed by atoms with Crippen molar-refractivity contribution in [3.63, 3.8) is 0 Å².